The summed E-state index contributed by atoms with van der Waals surface area (Å²) in [5.41, 5.74) is 0. The van der Waals surface area contributed by atoms with Crippen LogP contribution >= 0.6 is 0 Å². The molecule has 0 radical (unpaired) electrons. The summed E-state index contributed by atoms with van der Waals surface area (Å²) in [5.74, 6) is 0. The Morgan fingerprint density at radius 1 is 1.50 bits per heavy atom. The molecule has 0 aromatic rings. The molecule has 0 aromatic carbocycles. The van der Waals surface area contributed by atoms with Crippen molar-refractivity contribution in [2.24, 2.45) is 0 Å². The zero-order chi connectivity index (χ0) is 7.82. The molecule has 0 bridgehead atoms. The van der Waals surface area contributed by atoms with Gasteiger partial charge < -0.3 is 4.74 Å². The van der Waals surface area contributed by atoms with Gasteiger partial charge in [0.1, 0.15) is 0 Å². The molecule has 0 aromatic heterocycles. The molecule has 10 heavy (non-hydrogen) atoms. The van der Waals surface area contributed by atoms with E-state index in [9.17, 15) is 0 Å². The predicted molar refractivity (Wildman–Crippen MR) is 44.0 cm³/mol. The van der Waals surface area contributed by atoms with Crippen LogP contribution in [0.25, 0.3) is 0 Å². The van der Waals surface area contributed by atoms with Crippen LogP contribution in [0.3, 0.4) is 0 Å². The Bertz CT molecular complexity index is 58.3. The van der Waals surface area contributed by atoms with Gasteiger partial charge in [0.05, 0.1) is 6.73 Å². The van der Waals surface area contributed by atoms with Gasteiger partial charge in [-0.3, -0.25) is 5.32 Å². The first kappa shape index (κ1) is 9.92. The molecule has 0 rings (SSSR count). The van der Waals surface area contributed by atoms with Gasteiger partial charge in [0.15, 0.2) is 0 Å². The second-order valence-electron chi connectivity index (χ2n) is 2.68. The maximum absolute atomic E-state index is 4.88. The Balaban J connectivity index is 3.00. The third-order valence-electron chi connectivity index (χ3n) is 1.57. The third-order valence-corrected chi connectivity index (χ3v) is 1.57. The molecule has 0 aliphatic carbocycles. The van der Waals surface area contributed by atoms with Crippen LogP contribution in [0.2, 0.25) is 0 Å². The van der Waals surface area contributed by atoms with E-state index < -0.39 is 0 Å². The predicted octanol–water partition coefficient (Wildman–Crippen LogP) is 1.76. The lowest BCUT2D eigenvalue weighted by Gasteiger charge is -2.11. The van der Waals surface area contributed by atoms with E-state index in [1.807, 2.05) is 0 Å². The van der Waals surface area contributed by atoms with Crippen LogP contribution in [0.5, 0.6) is 0 Å². The van der Waals surface area contributed by atoms with E-state index in [-0.39, 0.29) is 0 Å². The van der Waals surface area contributed by atoms with Crippen LogP contribution in [-0.4, -0.2) is 19.9 Å². The first-order valence-corrected chi connectivity index (χ1v) is 4.03. The normalized spacial score (nSPS) is 13.5. The number of ether oxygens (including phenoxy) is 1. The van der Waals surface area contributed by atoms with Gasteiger partial charge in [-0.05, 0) is 13.3 Å². The summed E-state index contributed by atoms with van der Waals surface area (Å²) in [6, 6.07) is 0.597. The fourth-order valence-corrected chi connectivity index (χ4v) is 0.838. The number of unbranched alkanes of at least 4 members (excludes halogenated alkanes) is 1. The molecule has 0 aliphatic rings. The van der Waals surface area contributed by atoms with Gasteiger partial charge in [-0.25, -0.2) is 0 Å². The summed E-state index contributed by atoms with van der Waals surface area (Å²) in [7, 11) is 1.71. The molecular weight excluding hydrogens is 126 g/mol. The largest absolute Gasteiger partial charge is 0.370 e. The van der Waals surface area contributed by atoms with Crippen molar-refractivity contribution < 1.29 is 4.74 Å². The molecule has 2 heteroatoms. The minimum atomic E-state index is 0.597. The number of hydrogen-bond acceptors (Lipinski definition) is 2. The first-order chi connectivity index (χ1) is 4.81. The molecule has 0 aliphatic heterocycles. The quantitative estimate of drug-likeness (QED) is 0.575. The number of nitrogens with one attached hydrogen (secondary N) is 1. The Labute approximate surface area is 64.0 Å². The average molecular weight is 145 g/mol. The first-order valence-electron chi connectivity index (χ1n) is 4.03. The van der Waals surface area contributed by atoms with Gasteiger partial charge in [-0.1, -0.05) is 19.8 Å². The van der Waals surface area contributed by atoms with Crippen molar-refractivity contribution >= 4 is 0 Å². The van der Waals surface area contributed by atoms with E-state index in [1.165, 1.54) is 19.3 Å². The smallest absolute Gasteiger partial charge is 0.0963 e. The maximum atomic E-state index is 4.88. The van der Waals surface area contributed by atoms with Crippen molar-refractivity contribution in [3.05, 3.63) is 0 Å². The fourth-order valence-electron chi connectivity index (χ4n) is 0.838. The van der Waals surface area contributed by atoms with Crippen LogP contribution in [-0.2, 0) is 4.74 Å². The molecule has 0 fully saturated rings. The molecule has 0 saturated heterocycles. The molecule has 62 valence electrons. The second-order valence-corrected chi connectivity index (χ2v) is 2.68. The van der Waals surface area contributed by atoms with Gasteiger partial charge >= 0.3 is 0 Å². The molecule has 2 nitrogen and oxygen atoms in total. The number of rotatable bonds is 6. The van der Waals surface area contributed by atoms with Gasteiger partial charge in [-0.15, -0.1) is 0 Å². The van der Waals surface area contributed by atoms with Crippen LogP contribution in [0.1, 0.15) is 33.1 Å². The van der Waals surface area contributed by atoms with Crippen LogP contribution in [0.4, 0.5) is 0 Å². The van der Waals surface area contributed by atoms with Crippen LogP contribution < -0.4 is 5.32 Å². The molecule has 1 unspecified atom stereocenters. The summed E-state index contributed by atoms with van der Waals surface area (Å²) in [6.45, 7) is 5.07. The number of hydrogen-bond donors (Lipinski definition) is 1. The molecule has 0 amide bonds. The lowest BCUT2D eigenvalue weighted by Crippen LogP contribution is -2.27. The standard InChI is InChI=1S/C8H19NO/c1-4-5-6-8(2)9-7-10-3/h8-9H,4-7H2,1-3H3. The topological polar surface area (TPSA) is 21.3 Å². The van der Waals surface area contributed by atoms with Gasteiger partial charge in [0.25, 0.3) is 0 Å². The summed E-state index contributed by atoms with van der Waals surface area (Å²) in [4.78, 5) is 0. The summed E-state index contributed by atoms with van der Waals surface area (Å²) in [6.07, 6.45) is 3.83. The van der Waals surface area contributed by atoms with E-state index in [1.54, 1.807) is 7.11 Å². The van der Waals surface area contributed by atoms with Gasteiger partial charge in [0.2, 0.25) is 0 Å². The highest BCUT2D eigenvalue weighted by atomic mass is 16.5. The van der Waals surface area contributed by atoms with E-state index in [0.717, 1.165) is 0 Å². The van der Waals surface area contributed by atoms with Crippen molar-refractivity contribution in [2.75, 3.05) is 13.8 Å². The highest BCUT2D eigenvalue weighted by Crippen LogP contribution is 1.98. The Hall–Kier alpha value is -0.0800. The van der Waals surface area contributed by atoms with Gasteiger partial charge in [-0.2, -0.15) is 0 Å². The minimum Gasteiger partial charge on any atom is -0.370 e. The molecule has 0 heterocycles. The van der Waals surface area contributed by atoms with E-state index in [0.29, 0.717) is 12.8 Å². The molecule has 0 spiro atoms. The molecular formula is C8H19NO. The molecule has 0 saturated carbocycles. The lowest BCUT2D eigenvalue weighted by atomic mass is 10.1. The third kappa shape index (κ3) is 6.05. The van der Waals surface area contributed by atoms with Gasteiger partial charge in [0, 0.05) is 13.2 Å². The van der Waals surface area contributed by atoms with E-state index >= 15 is 0 Å². The maximum Gasteiger partial charge on any atom is 0.0963 e. The highest BCUT2D eigenvalue weighted by molar-refractivity contribution is 4.56. The van der Waals surface area contributed by atoms with Crippen molar-refractivity contribution in [3.8, 4) is 0 Å². The van der Waals surface area contributed by atoms with Crippen LogP contribution in [0, 0.1) is 0 Å². The number of methoxy groups -OCH3 is 1. The Morgan fingerprint density at radius 3 is 2.70 bits per heavy atom. The Morgan fingerprint density at radius 2 is 2.20 bits per heavy atom. The zero-order valence-electron chi connectivity index (χ0n) is 7.31. The van der Waals surface area contributed by atoms with Crippen LogP contribution in [0.15, 0.2) is 0 Å². The average Bonchev–Trinajstić information content (AvgIpc) is 1.97. The van der Waals surface area contributed by atoms with Crippen molar-refractivity contribution in [2.45, 2.75) is 39.2 Å². The van der Waals surface area contributed by atoms with Crippen molar-refractivity contribution in [1.29, 1.82) is 0 Å². The zero-order valence-corrected chi connectivity index (χ0v) is 7.31. The van der Waals surface area contributed by atoms with Crippen molar-refractivity contribution in [1.82, 2.24) is 5.32 Å². The SMILES string of the molecule is CCCCC(C)NCOC. The fraction of sp³-hybridized carbons (Fsp3) is 1.00. The summed E-state index contributed by atoms with van der Waals surface area (Å²) in [5, 5.41) is 3.24. The van der Waals surface area contributed by atoms with E-state index in [2.05, 4.69) is 19.2 Å². The lowest BCUT2D eigenvalue weighted by molar-refractivity contribution is 0.163. The Kier molecular flexibility index (Phi) is 6.98. The minimum absolute atomic E-state index is 0.597. The molecule has 1 atom stereocenters. The summed E-state index contributed by atoms with van der Waals surface area (Å²) >= 11 is 0. The monoisotopic (exact) mass is 145 g/mol. The van der Waals surface area contributed by atoms with Crippen molar-refractivity contribution in [3.63, 3.8) is 0 Å². The molecule has 1 N–H and O–H groups in total. The highest BCUT2D eigenvalue weighted by Gasteiger charge is 1.97. The summed E-state index contributed by atoms with van der Waals surface area (Å²) < 4.78 is 4.88. The van der Waals surface area contributed by atoms with E-state index in [4.69, 9.17) is 4.74 Å². The second kappa shape index (κ2) is 7.03.